The molecule has 17 heavy (non-hydrogen) atoms. The van der Waals surface area contributed by atoms with E-state index < -0.39 is 0 Å². The largest absolute Gasteiger partial charge is 0.344 e. The lowest BCUT2D eigenvalue weighted by Crippen LogP contribution is -2.39. The van der Waals surface area contributed by atoms with Gasteiger partial charge in [0, 0.05) is 24.5 Å². The highest BCUT2D eigenvalue weighted by molar-refractivity contribution is 7.09. The Bertz CT molecular complexity index is 324. The van der Waals surface area contributed by atoms with Gasteiger partial charge in [0.25, 0.3) is 0 Å². The Morgan fingerprint density at radius 3 is 2.94 bits per heavy atom. The Kier molecular flexibility index (Phi) is 6.22. The zero-order chi connectivity index (χ0) is 12.7. The van der Waals surface area contributed by atoms with Gasteiger partial charge in [0.2, 0.25) is 5.91 Å². The summed E-state index contributed by atoms with van der Waals surface area (Å²) < 4.78 is 0. The Morgan fingerprint density at radius 2 is 2.35 bits per heavy atom. The van der Waals surface area contributed by atoms with Crippen molar-refractivity contribution in [2.75, 3.05) is 20.1 Å². The second-order valence-corrected chi connectivity index (χ2v) is 5.37. The van der Waals surface area contributed by atoms with Crippen LogP contribution in [0.3, 0.4) is 0 Å². The van der Waals surface area contributed by atoms with Crippen LogP contribution in [-0.2, 0) is 11.2 Å². The van der Waals surface area contributed by atoms with Crippen LogP contribution in [0.4, 0.5) is 0 Å². The first-order valence-corrected chi connectivity index (χ1v) is 7.01. The standard InChI is InChI=1S/C13H22N2OS/c1-4-11(2)14-10-13(16)15(3)8-7-12-6-5-9-17-12/h5-6,9,11,14H,4,7-8,10H2,1-3H3. The maximum Gasteiger partial charge on any atom is 0.236 e. The van der Waals surface area contributed by atoms with Crippen molar-refractivity contribution in [1.82, 2.24) is 10.2 Å². The van der Waals surface area contributed by atoms with Crippen molar-refractivity contribution in [2.45, 2.75) is 32.7 Å². The van der Waals surface area contributed by atoms with Crippen molar-refractivity contribution in [3.8, 4) is 0 Å². The smallest absolute Gasteiger partial charge is 0.236 e. The first kappa shape index (κ1) is 14.2. The van der Waals surface area contributed by atoms with Crippen LogP contribution in [0, 0.1) is 0 Å². The van der Waals surface area contributed by atoms with Gasteiger partial charge in [-0.05, 0) is 31.2 Å². The summed E-state index contributed by atoms with van der Waals surface area (Å²) in [6, 6.07) is 4.57. The topological polar surface area (TPSA) is 32.3 Å². The molecule has 0 aromatic carbocycles. The minimum Gasteiger partial charge on any atom is -0.344 e. The van der Waals surface area contributed by atoms with Crippen LogP contribution >= 0.6 is 11.3 Å². The van der Waals surface area contributed by atoms with Crippen molar-refractivity contribution < 1.29 is 4.79 Å². The van der Waals surface area contributed by atoms with E-state index in [0.29, 0.717) is 12.6 Å². The molecule has 1 aromatic heterocycles. The zero-order valence-electron chi connectivity index (χ0n) is 10.9. The predicted octanol–water partition coefficient (Wildman–Crippen LogP) is 2.14. The zero-order valence-corrected chi connectivity index (χ0v) is 11.7. The molecule has 1 unspecified atom stereocenters. The van der Waals surface area contributed by atoms with Crippen molar-refractivity contribution in [3.05, 3.63) is 22.4 Å². The molecule has 1 atom stereocenters. The van der Waals surface area contributed by atoms with E-state index in [1.807, 2.05) is 13.1 Å². The predicted molar refractivity (Wildman–Crippen MR) is 73.4 cm³/mol. The van der Waals surface area contributed by atoms with E-state index in [2.05, 4.69) is 30.6 Å². The minimum absolute atomic E-state index is 0.168. The van der Waals surface area contributed by atoms with Crippen LogP contribution in [0.15, 0.2) is 17.5 Å². The van der Waals surface area contributed by atoms with Gasteiger partial charge in [-0.1, -0.05) is 13.0 Å². The van der Waals surface area contributed by atoms with Crippen LogP contribution in [0.5, 0.6) is 0 Å². The van der Waals surface area contributed by atoms with Crippen molar-refractivity contribution in [3.63, 3.8) is 0 Å². The first-order valence-electron chi connectivity index (χ1n) is 6.13. The summed E-state index contributed by atoms with van der Waals surface area (Å²) in [6.45, 7) is 5.44. The van der Waals surface area contributed by atoms with Gasteiger partial charge in [-0.15, -0.1) is 11.3 Å². The molecule has 1 heterocycles. The van der Waals surface area contributed by atoms with Gasteiger partial charge in [0.15, 0.2) is 0 Å². The fourth-order valence-electron chi connectivity index (χ4n) is 1.40. The fraction of sp³-hybridized carbons (Fsp3) is 0.615. The number of nitrogens with zero attached hydrogens (tertiary/aromatic N) is 1. The molecule has 1 aromatic rings. The summed E-state index contributed by atoms with van der Waals surface area (Å²) in [5, 5.41) is 5.29. The lowest BCUT2D eigenvalue weighted by atomic mass is 10.2. The average Bonchev–Trinajstić information content (AvgIpc) is 2.85. The first-order chi connectivity index (χ1) is 8.13. The second kappa shape index (κ2) is 7.45. The summed E-state index contributed by atoms with van der Waals surface area (Å²) in [6.07, 6.45) is 2.00. The van der Waals surface area contributed by atoms with Gasteiger partial charge in [-0.25, -0.2) is 0 Å². The van der Waals surface area contributed by atoms with Crippen molar-refractivity contribution in [1.29, 1.82) is 0 Å². The van der Waals surface area contributed by atoms with Crippen LogP contribution < -0.4 is 5.32 Å². The molecule has 0 saturated carbocycles. The molecule has 4 heteroatoms. The summed E-state index contributed by atoms with van der Waals surface area (Å²) in [4.78, 5) is 14.9. The molecule has 0 saturated heterocycles. The second-order valence-electron chi connectivity index (χ2n) is 4.33. The number of nitrogens with one attached hydrogen (secondary N) is 1. The molecule has 0 aliphatic rings. The highest BCUT2D eigenvalue weighted by Crippen LogP contribution is 2.09. The number of likely N-dealkylation sites (N-methyl/N-ethyl adjacent to an activating group) is 1. The Hall–Kier alpha value is -0.870. The van der Waals surface area contributed by atoms with Gasteiger partial charge < -0.3 is 10.2 Å². The average molecular weight is 254 g/mol. The molecule has 0 spiro atoms. The minimum atomic E-state index is 0.168. The van der Waals surface area contributed by atoms with Crippen LogP contribution in [0.1, 0.15) is 25.1 Å². The number of carbonyl (C=O) groups excluding carboxylic acids is 1. The van der Waals surface area contributed by atoms with Gasteiger partial charge in [0.05, 0.1) is 6.54 Å². The maximum atomic E-state index is 11.8. The van der Waals surface area contributed by atoms with E-state index in [0.717, 1.165) is 19.4 Å². The van der Waals surface area contributed by atoms with Gasteiger partial charge in [0.1, 0.15) is 0 Å². The third-order valence-electron chi connectivity index (χ3n) is 2.91. The molecule has 3 nitrogen and oxygen atoms in total. The van der Waals surface area contributed by atoms with E-state index in [1.54, 1.807) is 16.2 Å². The summed E-state index contributed by atoms with van der Waals surface area (Å²) in [5.41, 5.74) is 0. The molecule has 0 radical (unpaired) electrons. The highest BCUT2D eigenvalue weighted by atomic mass is 32.1. The molecule has 0 fully saturated rings. The molecule has 1 amide bonds. The van der Waals surface area contributed by atoms with Gasteiger partial charge >= 0.3 is 0 Å². The normalized spacial score (nSPS) is 12.4. The quantitative estimate of drug-likeness (QED) is 0.808. The number of hydrogen-bond donors (Lipinski definition) is 1. The molecular weight excluding hydrogens is 232 g/mol. The number of rotatable bonds is 7. The Balaban J connectivity index is 2.22. The lowest BCUT2D eigenvalue weighted by molar-refractivity contribution is -0.129. The number of carbonyl (C=O) groups is 1. The van der Waals surface area contributed by atoms with Crippen LogP contribution in [0.25, 0.3) is 0 Å². The number of thiophene rings is 1. The van der Waals surface area contributed by atoms with E-state index in [9.17, 15) is 4.79 Å². The van der Waals surface area contributed by atoms with E-state index in [-0.39, 0.29) is 5.91 Å². The molecule has 0 aliphatic heterocycles. The molecule has 0 bridgehead atoms. The Labute approximate surface area is 108 Å². The lowest BCUT2D eigenvalue weighted by Gasteiger charge is -2.18. The van der Waals surface area contributed by atoms with E-state index in [4.69, 9.17) is 0 Å². The summed E-state index contributed by atoms with van der Waals surface area (Å²) in [7, 11) is 1.87. The number of hydrogen-bond acceptors (Lipinski definition) is 3. The van der Waals surface area contributed by atoms with Crippen molar-refractivity contribution >= 4 is 17.2 Å². The van der Waals surface area contributed by atoms with E-state index in [1.165, 1.54) is 4.88 Å². The van der Waals surface area contributed by atoms with Crippen molar-refractivity contribution in [2.24, 2.45) is 0 Å². The van der Waals surface area contributed by atoms with Crippen LogP contribution in [0.2, 0.25) is 0 Å². The molecule has 1 N–H and O–H groups in total. The number of amides is 1. The Morgan fingerprint density at radius 1 is 1.59 bits per heavy atom. The molecular formula is C13H22N2OS. The monoisotopic (exact) mass is 254 g/mol. The van der Waals surface area contributed by atoms with Gasteiger partial charge in [-0.2, -0.15) is 0 Å². The summed E-state index contributed by atoms with van der Waals surface area (Å²) in [5.74, 6) is 0.168. The highest BCUT2D eigenvalue weighted by Gasteiger charge is 2.09. The third kappa shape index (κ3) is 5.33. The molecule has 0 aliphatic carbocycles. The van der Waals surface area contributed by atoms with Gasteiger partial charge in [-0.3, -0.25) is 4.79 Å². The molecule has 96 valence electrons. The summed E-state index contributed by atoms with van der Waals surface area (Å²) >= 11 is 1.74. The SMILES string of the molecule is CCC(C)NCC(=O)N(C)CCc1cccs1. The third-order valence-corrected chi connectivity index (χ3v) is 3.85. The fourth-order valence-corrected chi connectivity index (χ4v) is 2.10. The van der Waals surface area contributed by atoms with E-state index >= 15 is 0 Å². The maximum absolute atomic E-state index is 11.8. The molecule has 1 rings (SSSR count). The van der Waals surface area contributed by atoms with Crippen LogP contribution in [-0.4, -0.2) is 37.0 Å².